The van der Waals surface area contributed by atoms with Gasteiger partial charge in [-0.05, 0) is 74.5 Å². The molecule has 118 valence electrons. The van der Waals surface area contributed by atoms with Crippen LogP contribution in [0.3, 0.4) is 0 Å². The van der Waals surface area contributed by atoms with Crippen molar-refractivity contribution in [1.29, 1.82) is 0 Å². The van der Waals surface area contributed by atoms with Gasteiger partial charge in [0, 0.05) is 4.90 Å². The second-order valence-corrected chi connectivity index (χ2v) is 6.61. The van der Waals surface area contributed by atoms with Crippen LogP contribution in [0.5, 0.6) is 0 Å². The largest absolute Gasteiger partial charge is 0.0626 e. The Balaban J connectivity index is 1.70. The minimum absolute atomic E-state index is 1.17. The molecule has 0 aromatic heterocycles. The molecule has 0 nitrogen and oxygen atoms in total. The maximum Gasteiger partial charge on any atom is 0.0203 e. The van der Waals surface area contributed by atoms with E-state index in [9.17, 15) is 0 Å². The lowest BCUT2D eigenvalue weighted by Crippen LogP contribution is -1.82. The van der Waals surface area contributed by atoms with Crippen LogP contribution in [-0.2, 0) is 0 Å². The SMILES string of the molecule is C(#CSc1ccccc1)/C=C\c1c2ccccc2cc2ccccc12. The Bertz CT molecular complexity index is 1060. The number of hydrogen-bond donors (Lipinski definition) is 0. The average Bonchev–Trinajstić information content (AvgIpc) is 2.68. The molecule has 4 rings (SSSR count). The lowest BCUT2D eigenvalue weighted by molar-refractivity contribution is 1.48. The summed E-state index contributed by atoms with van der Waals surface area (Å²) in [7, 11) is 0. The van der Waals surface area contributed by atoms with Gasteiger partial charge in [0.1, 0.15) is 0 Å². The van der Waals surface area contributed by atoms with Gasteiger partial charge in [-0.2, -0.15) is 0 Å². The summed E-state index contributed by atoms with van der Waals surface area (Å²) in [6.07, 6.45) is 4.08. The molecule has 0 bridgehead atoms. The monoisotopic (exact) mass is 336 g/mol. The van der Waals surface area contributed by atoms with Crippen molar-refractivity contribution in [2.45, 2.75) is 4.90 Å². The van der Waals surface area contributed by atoms with Crippen LogP contribution >= 0.6 is 11.8 Å². The highest BCUT2D eigenvalue weighted by atomic mass is 32.2. The van der Waals surface area contributed by atoms with Gasteiger partial charge in [-0.3, -0.25) is 0 Å². The third-order valence-electron chi connectivity index (χ3n) is 4.12. The van der Waals surface area contributed by atoms with Gasteiger partial charge < -0.3 is 0 Å². The fraction of sp³-hybridized carbons (Fsp3) is 0. The van der Waals surface area contributed by atoms with E-state index in [4.69, 9.17) is 0 Å². The molecule has 1 heteroatoms. The first-order valence-electron chi connectivity index (χ1n) is 8.21. The zero-order valence-corrected chi connectivity index (χ0v) is 14.5. The molecule has 4 aromatic carbocycles. The first-order valence-corrected chi connectivity index (χ1v) is 9.03. The van der Waals surface area contributed by atoms with Crippen LogP contribution in [0.15, 0.2) is 95.9 Å². The number of thioether (sulfide) groups is 1. The van der Waals surface area contributed by atoms with E-state index in [1.807, 2.05) is 24.3 Å². The van der Waals surface area contributed by atoms with Crippen LogP contribution < -0.4 is 0 Å². The molecular weight excluding hydrogens is 320 g/mol. The Labute approximate surface area is 152 Å². The molecule has 0 amide bonds. The van der Waals surface area contributed by atoms with Crippen molar-refractivity contribution in [2.24, 2.45) is 0 Å². The lowest BCUT2D eigenvalue weighted by Gasteiger charge is -2.07. The van der Waals surface area contributed by atoms with Gasteiger partial charge in [-0.25, -0.2) is 0 Å². The van der Waals surface area contributed by atoms with Crippen LogP contribution in [0.2, 0.25) is 0 Å². The third-order valence-corrected chi connectivity index (χ3v) is 4.85. The molecule has 25 heavy (non-hydrogen) atoms. The van der Waals surface area contributed by atoms with Gasteiger partial charge in [-0.1, -0.05) is 72.7 Å². The van der Waals surface area contributed by atoms with Crippen molar-refractivity contribution in [2.75, 3.05) is 0 Å². The van der Waals surface area contributed by atoms with Crippen LogP contribution in [-0.4, -0.2) is 0 Å². The molecule has 0 spiro atoms. The molecular formula is C24H16S. The maximum absolute atomic E-state index is 3.15. The molecule has 0 atom stereocenters. The number of rotatable bonds is 2. The fourth-order valence-electron chi connectivity index (χ4n) is 2.96. The molecule has 0 saturated heterocycles. The van der Waals surface area contributed by atoms with E-state index in [0.29, 0.717) is 0 Å². The smallest absolute Gasteiger partial charge is 0.0203 e. The molecule has 0 fully saturated rings. The normalized spacial score (nSPS) is 10.9. The van der Waals surface area contributed by atoms with Crippen molar-refractivity contribution in [1.82, 2.24) is 0 Å². The highest BCUT2D eigenvalue weighted by molar-refractivity contribution is 8.03. The zero-order valence-electron chi connectivity index (χ0n) is 13.6. The summed E-state index contributed by atoms with van der Waals surface area (Å²) in [5.41, 5.74) is 1.23. The van der Waals surface area contributed by atoms with E-state index in [-0.39, 0.29) is 0 Å². The predicted octanol–water partition coefficient (Wildman–Crippen LogP) is 6.76. The van der Waals surface area contributed by atoms with Crippen LogP contribution in [0.1, 0.15) is 5.56 Å². The molecule has 0 heterocycles. The molecule has 0 N–H and O–H groups in total. The van der Waals surface area contributed by atoms with Crippen LogP contribution in [0.25, 0.3) is 27.6 Å². The van der Waals surface area contributed by atoms with E-state index in [1.165, 1.54) is 32.0 Å². The third kappa shape index (κ3) is 3.45. The van der Waals surface area contributed by atoms with Crippen molar-refractivity contribution >= 4 is 39.4 Å². The first-order chi connectivity index (χ1) is 12.4. The summed E-state index contributed by atoms with van der Waals surface area (Å²) in [5, 5.41) is 8.18. The summed E-state index contributed by atoms with van der Waals surface area (Å²) in [4.78, 5) is 1.17. The molecule has 0 unspecified atom stereocenters. The lowest BCUT2D eigenvalue weighted by atomic mass is 9.96. The summed E-state index contributed by atoms with van der Waals surface area (Å²) in [6.45, 7) is 0. The summed E-state index contributed by atoms with van der Waals surface area (Å²) >= 11 is 1.55. The first kappa shape index (κ1) is 15.6. The topological polar surface area (TPSA) is 0 Å². The summed E-state index contributed by atoms with van der Waals surface area (Å²) in [6, 6.07) is 29.5. The van der Waals surface area contributed by atoms with E-state index in [2.05, 4.69) is 84.0 Å². The highest BCUT2D eigenvalue weighted by Crippen LogP contribution is 2.29. The molecule has 0 aliphatic rings. The van der Waals surface area contributed by atoms with E-state index >= 15 is 0 Å². The van der Waals surface area contributed by atoms with Gasteiger partial charge in [0.15, 0.2) is 0 Å². The number of allylic oxidation sites excluding steroid dienone is 1. The van der Waals surface area contributed by atoms with Crippen molar-refractivity contribution in [3.63, 3.8) is 0 Å². The van der Waals surface area contributed by atoms with E-state index < -0.39 is 0 Å². The van der Waals surface area contributed by atoms with Gasteiger partial charge >= 0.3 is 0 Å². The van der Waals surface area contributed by atoms with Crippen molar-refractivity contribution in [3.05, 3.63) is 96.6 Å². The molecule has 0 saturated carbocycles. The van der Waals surface area contributed by atoms with Gasteiger partial charge in [0.2, 0.25) is 0 Å². The minimum atomic E-state index is 1.17. The summed E-state index contributed by atoms with van der Waals surface area (Å²) < 4.78 is 0. The van der Waals surface area contributed by atoms with E-state index in [1.54, 1.807) is 11.8 Å². The Morgan fingerprint density at radius 1 is 0.680 bits per heavy atom. The Kier molecular flexibility index (Phi) is 4.55. The molecule has 0 radical (unpaired) electrons. The minimum Gasteiger partial charge on any atom is -0.0626 e. The second-order valence-electron chi connectivity index (χ2n) is 5.73. The summed E-state index contributed by atoms with van der Waals surface area (Å²) in [5.74, 6) is 3.14. The quantitative estimate of drug-likeness (QED) is 0.221. The van der Waals surface area contributed by atoms with Crippen LogP contribution in [0.4, 0.5) is 0 Å². The van der Waals surface area contributed by atoms with Crippen LogP contribution in [0, 0.1) is 11.2 Å². The maximum atomic E-state index is 3.15. The van der Waals surface area contributed by atoms with Crippen molar-refractivity contribution < 1.29 is 0 Å². The van der Waals surface area contributed by atoms with E-state index in [0.717, 1.165) is 0 Å². The highest BCUT2D eigenvalue weighted by Gasteiger charge is 2.04. The predicted molar refractivity (Wildman–Crippen MR) is 111 cm³/mol. The standard InChI is InChI=1S/C24H16S/c1-2-12-21(13-3-1)25-17-9-8-16-24-22-14-6-4-10-19(22)18-20-11-5-7-15-23(20)24/h1-8,10-16,18H/b16-8-. The fourth-order valence-corrected chi connectivity index (χ4v) is 3.50. The van der Waals surface area contributed by atoms with Crippen molar-refractivity contribution in [3.8, 4) is 11.2 Å². The molecule has 0 aliphatic carbocycles. The Morgan fingerprint density at radius 3 is 1.96 bits per heavy atom. The van der Waals surface area contributed by atoms with Gasteiger partial charge in [0.05, 0.1) is 0 Å². The Morgan fingerprint density at radius 2 is 1.28 bits per heavy atom. The van der Waals surface area contributed by atoms with Gasteiger partial charge in [0.25, 0.3) is 0 Å². The Hall–Kier alpha value is -2.95. The average molecular weight is 336 g/mol. The molecule has 0 aliphatic heterocycles. The number of benzene rings is 4. The van der Waals surface area contributed by atoms with Gasteiger partial charge in [-0.15, -0.1) is 0 Å². The number of hydrogen-bond acceptors (Lipinski definition) is 1. The number of fused-ring (bicyclic) bond motifs is 2. The second kappa shape index (κ2) is 7.30. The molecule has 4 aromatic rings. The zero-order chi connectivity index (χ0) is 16.9.